The van der Waals surface area contributed by atoms with Crippen molar-refractivity contribution in [3.05, 3.63) is 41.0 Å². The molecule has 0 saturated heterocycles. The molecular weight excluding hydrogens is 261 g/mol. The van der Waals surface area contributed by atoms with Gasteiger partial charge in [-0.3, -0.25) is 0 Å². The summed E-state index contributed by atoms with van der Waals surface area (Å²) in [6.45, 7) is 3.65. The second kappa shape index (κ2) is 5.86. The molecule has 0 atom stereocenters. The van der Waals surface area contributed by atoms with E-state index in [4.69, 9.17) is 4.42 Å². The predicted octanol–water partition coefficient (Wildman–Crippen LogP) is 3.53. The lowest BCUT2D eigenvalue weighted by Crippen LogP contribution is -2.03. The molecule has 0 bridgehead atoms. The van der Waals surface area contributed by atoms with Crippen LogP contribution in [0.4, 0.5) is 4.39 Å². The van der Waals surface area contributed by atoms with Crippen molar-refractivity contribution in [1.29, 1.82) is 0 Å². The molecular formula is C15H16FNO3. The van der Waals surface area contributed by atoms with E-state index < -0.39 is 5.97 Å². The average Bonchev–Trinajstić information content (AvgIpc) is 2.85. The molecule has 0 unspecified atom stereocenters. The SMILES string of the molecule is CCCc1nc(-c2ccc(C)c(F)c2)oc1C(=O)OC. The van der Waals surface area contributed by atoms with E-state index in [-0.39, 0.29) is 17.5 Å². The average molecular weight is 277 g/mol. The first-order valence-corrected chi connectivity index (χ1v) is 6.41. The highest BCUT2D eigenvalue weighted by atomic mass is 19.1. The van der Waals surface area contributed by atoms with Gasteiger partial charge in [0.2, 0.25) is 11.7 Å². The summed E-state index contributed by atoms with van der Waals surface area (Å²) in [5.41, 5.74) is 1.58. The van der Waals surface area contributed by atoms with Crippen molar-refractivity contribution in [2.45, 2.75) is 26.7 Å². The standard InChI is InChI=1S/C15H16FNO3/c1-4-5-12-13(15(18)19-3)20-14(17-12)10-7-6-9(2)11(16)8-10/h6-8H,4-5H2,1-3H3. The van der Waals surface area contributed by atoms with Crippen LogP contribution >= 0.6 is 0 Å². The summed E-state index contributed by atoms with van der Waals surface area (Å²) >= 11 is 0. The number of ether oxygens (including phenoxy) is 1. The molecule has 0 fully saturated rings. The van der Waals surface area contributed by atoms with E-state index in [1.54, 1.807) is 19.1 Å². The summed E-state index contributed by atoms with van der Waals surface area (Å²) in [5, 5.41) is 0. The lowest BCUT2D eigenvalue weighted by molar-refractivity contribution is 0.0564. The number of oxazole rings is 1. The van der Waals surface area contributed by atoms with Gasteiger partial charge >= 0.3 is 5.97 Å². The van der Waals surface area contributed by atoms with Gasteiger partial charge in [-0.25, -0.2) is 14.2 Å². The molecule has 106 valence electrons. The van der Waals surface area contributed by atoms with Crippen LogP contribution in [0.25, 0.3) is 11.5 Å². The topological polar surface area (TPSA) is 52.3 Å². The number of methoxy groups -OCH3 is 1. The van der Waals surface area contributed by atoms with Gasteiger partial charge in [0.25, 0.3) is 0 Å². The molecule has 2 aromatic rings. The Labute approximate surface area is 116 Å². The molecule has 2 rings (SSSR count). The van der Waals surface area contributed by atoms with Crippen LogP contribution in [-0.2, 0) is 11.2 Å². The number of halogens is 1. The molecule has 0 aliphatic heterocycles. The highest BCUT2D eigenvalue weighted by Crippen LogP contribution is 2.25. The predicted molar refractivity (Wildman–Crippen MR) is 72.0 cm³/mol. The number of aromatic nitrogens is 1. The first kappa shape index (κ1) is 14.2. The minimum absolute atomic E-state index is 0.0883. The maximum atomic E-state index is 13.6. The second-order valence-electron chi connectivity index (χ2n) is 4.50. The third-order valence-corrected chi connectivity index (χ3v) is 2.97. The Kier molecular flexibility index (Phi) is 4.17. The van der Waals surface area contributed by atoms with Crippen LogP contribution in [0.15, 0.2) is 22.6 Å². The van der Waals surface area contributed by atoms with Gasteiger partial charge in [-0.05, 0) is 31.0 Å². The van der Waals surface area contributed by atoms with Crippen molar-refractivity contribution in [3.63, 3.8) is 0 Å². The molecule has 0 spiro atoms. The fourth-order valence-electron chi connectivity index (χ4n) is 1.86. The fraction of sp³-hybridized carbons (Fsp3) is 0.333. The molecule has 1 aromatic heterocycles. The summed E-state index contributed by atoms with van der Waals surface area (Å²) in [6.07, 6.45) is 1.42. The van der Waals surface area contributed by atoms with E-state index in [2.05, 4.69) is 9.72 Å². The summed E-state index contributed by atoms with van der Waals surface area (Å²) in [6, 6.07) is 4.70. The minimum Gasteiger partial charge on any atom is -0.463 e. The summed E-state index contributed by atoms with van der Waals surface area (Å²) in [7, 11) is 1.28. The molecule has 1 aromatic carbocycles. The number of hydrogen-bond acceptors (Lipinski definition) is 4. The van der Waals surface area contributed by atoms with Crippen LogP contribution in [0.1, 0.15) is 35.2 Å². The molecule has 0 saturated carbocycles. The lowest BCUT2D eigenvalue weighted by atomic mass is 10.1. The third-order valence-electron chi connectivity index (χ3n) is 2.97. The van der Waals surface area contributed by atoms with Gasteiger partial charge in [0.05, 0.1) is 12.8 Å². The number of nitrogens with zero attached hydrogens (tertiary/aromatic N) is 1. The maximum Gasteiger partial charge on any atom is 0.376 e. The van der Waals surface area contributed by atoms with Crippen LogP contribution in [-0.4, -0.2) is 18.1 Å². The van der Waals surface area contributed by atoms with Gasteiger partial charge < -0.3 is 9.15 Å². The van der Waals surface area contributed by atoms with E-state index in [1.165, 1.54) is 13.2 Å². The first-order valence-electron chi connectivity index (χ1n) is 6.41. The second-order valence-corrected chi connectivity index (χ2v) is 4.50. The van der Waals surface area contributed by atoms with Gasteiger partial charge in [0.15, 0.2) is 0 Å². The van der Waals surface area contributed by atoms with Crippen molar-refractivity contribution in [3.8, 4) is 11.5 Å². The van der Waals surface area contributed by atoms with Crippen LogP contribution in [0, 0.1) is 12.7 Å². The Morgan fingerprint density at radius 1 is 1.45 bits per heavy atom. The Balaban J connectivity index is 2.46. The van der Waals surface area contributed by atoms with Crippen molar-refractivity contribution < 1.29 is 18.3 Å². The number of esters is 1. The summed E-state index contributed by atoms with van der Waals surface area (Å²) in [5.74, 6) is -0.588. The zero-order valence-corrected chi connectivity index (χ0v) is 11.7. The van der Waals surface area contributed by atoms with Crippen LogP contribution in [0.3, 0.4) is 0 Å². The molecule has 0 amide bonds. The minimum atomic E-state index is -0.570. The van der Waals surface area contributed by atoms with Gasteiger partial charge in [0, 0.05) is 5.56 Å². The van der Waals surface area contributed by atoms with E-state index >= 15 is 0 Å². The first-order chi connectivity index (χ1) is 9.56. The Morgan fingerprint density at radius 2 is 2.20 bits per heavy atom. The number of carbonyl (C=O) groups is 1. The fourth-order valence-corrected chi connectivity index (χ4v) is 1.86. The number of aryl methyl sites for hydroxylation is 2. The number of hydrogen-bond donors (Lipinski definition) is 0. The van der Waals surface area contributed by atoms with Crippen molar-refractivity contribution in [1.82, 2.24) is 4.98 Å². The monoisotopic (exact) mass is 277 g/mol. The number of rotatable bonds is 4. The molecule has 5 heteroatoms. The van der Waals surface area contributed by atoms with Crippen molar-refractivity contribution in [2.24, 2.45) is 0 Å². The Hall–Kier alpha value is -2.17. The molecule has 0 aliphatic carbocycles. The van der Waals surface area contributed by atoms with E-state index in [1.807, 2.05) is 6.92 Å². The molecule has 0 radical (unpaired) electrons. The van der Waals surface area contributed by atoms with Crippen molar-refractivity contribution >= 4 is 5.97 Å². The van der Waals surface area contributed by atoms with Crippen LogP contribution in [0.2, 0.25) is 0 Å². The summed E-state index contributed by atoms with van der Waals surface area (Å²) in [4.78, 5) is 15.9. The van der Waals surface area contributed by atoms with Gasteiger partial charge in [0.1, 0.15) is 5.82 Å². The normalized spacial score (nSPS) is 10.6. The smallest absolute Gasteiger partial charge is 0.376 e. The van der Waals surface area contributed by atoms with Gasteiger partial charge in [-0.1, -0.05) is 19.4 Å². The Morgan fingerprint density at radius 3 is 2.80 bits per heavy atom. The van der Waals surface area contributed by atoms with Gasteiger partial charge in [-0.15, -0.1) is 0 Å². The molecule has 1 heterocycles. The van der Waals surface area contributed by atoms with Crippen LogP contribution < -0.4 is 0 Å². The molecule has 0 aliphatic rings. The lowest BCUT2D eigenvalue weighted by Gasteiger charge is -1.98. The van der Waals surface area contributed by atoms with Crippen LogP contribution in [0.5, 0.6) is 0 Å². The number of benzene rings is 1. The highest BCUT2D eigenvalue weighted by molar-refractivity contribution is 5.88. The zero-order valence-electron chi connectivity index (χ0n) is 11.7. The van der Waals surface area contributed by atoms with E-state index in [9.17, 15) is 9.18 Å². The van der Waals surface area contributed by atoms with E-state index in [0.29, 0.717) is 23.2 Å². The molecule has 4 nitrogen and oxygen atoms in total. The highest BCUT2D eigenvalue weighted by Gasteiger charge is 2.21. The van der Waals surface area contributed by atoms with Crippen molar-refractivity contribution in [2.75, 3.05) is 7.11 Å². The van der Waals surface area contributed by atoms with Gasteiger partial charge in [-0.2, -0.15) is 0 Å². The third kappa shape index (κ3) is 2.71. The molecule has 20 heavy (non-hydrogen) atoms. The maximum absolute atomic E-state index is 13.6. The Bertz CT molecular complexity index is 634. The molecule has 0 N–H and O–H groups in total. The van der Waals surface area contributed by atoms with E-state index in [0.717, 1.165) is 6.42 Å². The quantitative estimate of drug-likeness (QED) is 0.802. The zero-order chi connectivity index (χ0) is 14.7. The number of carbonyl (C=O) groups excluding carboxylic acids is 1. The largest absolute Gasteiger partial charge is 0.463 e. The summed E-state index contributed by atoms with van der Waals surface area (Å²) < 4.78 is 23.7.